The van der Waals surface area contributed by atoms with Crippen LogP contribution < -0.4 is 10.1 Å². The molecule has 0 spiro atoms. The number of hydrogen-bond acceptors (Lipinski definition) is 5. The second kappa shape index (κ2) is 10.5. The average Bonchev–Trinajstić information content (AvgIpc) is 3.24. The number of halogens is 3. The fourth-order valence-corrected chi connectivity index (χ4v) is 4.73. The standard InChI is InChI=1S/C23H17Cl3N4O2S/c1-32-17-9-7-14(8-10-17)22-28-29-23(30(22)16-5-3-2-4-6-16)33-13-20(31)27-21-18(25)11-15(24)12-19(21)26/h2-12H,13H2,1H3,(H,27,31). The number of nitrogens with zero attached hydrogens (tertiary/aromatic N) is 3. The topological polar surface area (TPSA) is 69.0 Å². The molecule has 168 valence electrons. The van der Waals surface area contributed by atoms with Crippen molar-refractivity contribution >= 4 is 58.2 Å². The molecule has 6 nitrogen and oxygen atoms in total. The van der Waals surface area contributed by atoms with Gasteiger partial charge in [0, 0.05) is 16.3 Å². The van der Waals surface area contributed by atoms with Gasteiger partial charge < -0.3 is 10.1 Å². The van der Waals surface area contributed by atoms with E-state index in [4.69, 9.17) is 39.5 Å². The Morgan fingerprint density at radius 3 is 2.30 bits per heavy atom. The summed E-state index contributed by atoms with van der Waals surface area (Å²) in [7, 11) is 1.62. The summed E-state index contributed by atoms with van der Waals surface area (Å²) in [5, 5.41) is 12.9. The van der Waals surface area contributed by atoms with E-state index in [2.05, 4.69) is 15.5 Å². The highest BCUT2D eigenvalue weighted by Gasteiger charge is 2.18. The number of benzene rings is 3. The van der Waals surface area contributed by atoms with Crippen LogP contribution in [-0.4, -0.2) is 33.5 Å². The molecule has 4 aromatic rings. The third-order valence-corrected chi connectivity index (χ3v) is 6.34. The van der Waals surface area contributed by atoms with E-state index in [0.717, 1.165) is 17.0 Å². The normalized spacial score (nSPS) is 10.8. The molecule has 0 bridgehead atoms. The maximum Gasteiger partial charge on any atom is 0.234 e. The molecule has 10 heteroatoms. The largest absolute Gasteiger partial charge is 0.497 e. The first kappa shape index (κ1) is 23.4. The summed E-state index contributed by atoms with van der Waals surface area (Å²) in [6, 6.07) is 20.3. The number of thioether (sulfide) groups is 1. The predicted molar refractivity (Wildman–Crippen MR) is 134 cm³/mol. The van der Waals surface area contributed by atoms with Gasteiger partial charge in [0.1, 0.15) is 5.75 Å². The van der Waals surface area contributed by atoms with E-state index in [1.165, 1.54) is 23.9 Å². The number of carbonyl (C=O) groups excluding carboxylic acids is 1. The van der Waals surface area contributed by atoms with Gasteiger partial charge in [0.25, 0.3) is 0 Å². The van der Waals surface area contributed by atoms with Crippen LogP contribution in [0, 0.1) is 0 Å². The van der Waals surface area contributed by atoms with Crippen LogP contribution in [0.2, 0.25) is 15.1 Å². The second-order valence-corrected chi connectivity index (χ2v) is 8.98. The third-order valence-electron chi connectivity index (χ3n) is 4.60. The van der Waals surface area contributed by atoms with Crippen LogP contribution in [0.25, 0.3) is 17.1 Å². The van der Waals surface area contributed by atoms with Gasteiger partial charge in [-0.15, -0.1) is 10.2 Å². The number of aromatic nitrogens is 3. The Bertz CT molecular complexity index is 1260. The lowest BCUT2D eigenvalue weighted by Gasteiger charge is -2.12. The molecule has 33 heavy (non-hydrogen) atoms. The Kier molecular flexibility index (Phi) is 7.45. The highest BCUT2D eigenvalue weighted by Crippen LogP contribution is 2.34. The van der Waals surface area contributed by atoms with Crippen LogP contribution in [0.5, 0.6) is 5.75 Å². The molecule has 1 amide bonds. The number of nitrogens with one attached hydrogen (secondary N) is 1. The van der Waals surface area contributed by atoms with Crippen molar-refractivity contribution in [2.45, 2.75) is 5.16 Å². The van der Waals surface area contributed by atoms with Crippen LogP contribution >= 0.6 is 46.6 Å². The van der Waals surface area contributed by atoms with Crippen molar-refractivity contribution in [2.24, 2.45) is 0 Å². The van der Waals surface area contributed by atoms with E-state index >= 15 is 0 Å². The molecule has 1 N–H and O–H groups in total. The minimum absolute atomic E-state index is 0.0723. The van der Waals surface area contributed by atoms with Crippen molar-refractivity contribution < 1.29 is 9.53 Å². The number of rotatable bonds is 7. The van der Waals surface area contributed by atoms with Gasteiger partial charge in [-0.1, -0.05) is 64.8 Å². The molecule has 0 aliphatic rings. The number of methoxy groups -OCH3 is 1. The molecule has 0 fully saturated rings. The van der Waals surface area contributed by atoms with Gasteiger partial charge in [-0.25, -0.2) is 0 Å². The van der Waals surface area contributed by atoms with E-state index in [1.54, 1.807) is 7.11 Å². The Morgan fingerprint density at radius 2 is 1.67 bits per heavy atom. The molecular formula is C23H17Cl3N4O2S. The molecule has 0 aliphatic heterocycles. The minimum Gasteiger partial charge on any atom is -0.497 e. The summed E-state index contributed by atoms with van der Waals surface area (Å²) >= 11 is 19.5. The number of ether oxygens (including phenoxy) is 1. The zero-order valence-corrected chi connectivity index (χ0v) is 20.3. The van der Waals surface area contributed by atoms with Gasteiger partial charge >= 0.3 is 0 Å². The van der Waals surface area contributed by atoms with Crippen LogP contribution in [0.1, 0.15) is 0 Å². The van der Waals surface area contributed by atoms with E-state index in [9.17, 15) is 4.79 Å². The molecule has 0 radical (unpaired) electrons. The smallest absolute Gasteiger partial charge is 0.234 e. The first-order valence-corrected chi connectivity index (χ1v) is 11.8. The van der Waals surface area contributed by atoms with Crippen LogP contribution in [0.4, 0.5) is 5.69 Å². The van der Waals surface area contributed by atoms with Crippen molar-refractivity contribution in [3.63, 3.8) is 0 Å². The first-order valence-electron chi connectivity index (χ1n) is 9.68. The summed E-state index contributed by atoms with van der Waals surface area (Å²) in [6.07, 6.45) is 0. The SMILES string of the molecule is COc1ccc(-c2nnc(SCC(=O)Nc3c(Cl)cc(Cl)cc3Cl)n2-c2ccccc2)cc1. The maximum atomic E-state index is 12.6. The number of carbonyl (C=O) groups is 1. The molecule has 0 atom stereocenters. The van der Waals surface area contributed by atoms with Crippen LogP contribution in [-0.2, 0) is 4.79 Å². The molecule has 0 aliphatic carbocycles. The van der Waals surface area contributed by atoms with Crippen molar-refractivity contribution in [2.75, 3.05) is 18.2 Å². The Labute approximate surface area is 209 Å². The number of para-hydroxylation sites is 1. The van der Waals surface area contributed by atoms with Gasteiger partial charge in [-0.2, -0.15) is 0 Å². The summed E-state index contributed by atoms with van der Waals surface area (Å²) in [6.45, 7) is 0. The Hall–Kier alpha value is -2.71. The minimum atomic E-state index is -0.292. The van der Waals surface area contributed by atoms with Crippen molar-refractivity contribution in [1.29, 1.82) is 0 Å². The fraction of sp³-hybridized carbons (Fsp3) is 0.0870. The average molecular weight is 520 g/mol. The van der Waals surface area contributed by atoms with Gasteiger partial charge in [-0.05, 0) is 48.5 Å². The lowest BCUT2D eigenvalue weighted by molar-refractivity contribution is -0.113. The summed E-state index contributed by atoms with van der Waals surface area (Å²) in [5.74, 6) is 1.17. The predicted octanol–water partition coefficient (Wildman–Crippen LogP) is 6.63. The molecule has 1 aromatic heterocycles. The van der Waals surface area contributed by atoms with Gasteiger partial charge in [0.05, 0.1) is 28.6 Å². The van der Waals surface area contributed by atoms with Crippen molar-refractivity contribution in [1.82, 2.24) is 14.8 Å². The summed E-state index contributed by atoms with van der Waals surface area (Å²) < 4.78 is 7.15. The Balaban J connectivity index is 1.59. The van der Waals surface area contributed by atoms with Gasteiger partial charge in [-0.3, -0.25) is 9.36 Å². The molecule has 1 heterocycles. The highest BCUT2D eigenvalue weighted by atomic mass is 35.5. The quantitative estimate of drug-likeness (QED) is 0.277. The summed E-state index contributed by atoms with van der Waals surface area (Å²) in [5.41, 5.74) is 2.06. The first-order chi connectivity index (χ1) is 16.0. The summed E-state index contributed by atoms with van der Waals surface area (Å²) in [4.78, 5) is 12.6. The van der Waals surface area contributed by atoms with E-state index in [1.807, 2.05) is 59.2 Å². The fourth-order valence-electron chi connectivity index (χ4n) is 3.07. The maximum absolute atomic E-state index is 12.6. The molecule has 3 aromatic carbocycles. The molecule has 4 rings (SSSR count). The number of anilines is 1. The zero-order chi connectivity index (χ0) is 23.4. The van der Waals surface area contributed by atoms with E-state index in [0.29, 0.717) is 21.7 Å². The number of amides is 1. The van der Waals surface area contributed by atoms with E-state index < -0.39 is 0 Å². The zero-order valence-electron chi connectivity index (χ0n) is 17.3. The highest BCUT2D eigenvalue weighted by molar-refractivity contribution is 7.99. The lowest BCUT2D eigenvalue weighted by atomic mass is 10.2. The van der Waals surface area contributed by atoms with Crippen molar-refractivity contribution in [3.05, 3.63) is 81.8 Å². The van der Waals surface area contributed by atoms with Crippen molar-refractivity contribution in [3.8, 4) is 22.8 Å². The van der Waals surface area contributed by atoms with E-state index in [-0.39, 0.29) is 21.7 Å². The third kappa shape index (κ3) is 5.45. The monoisotopic (exact) mass is 518 g/mol. The molecule has 0 saturated heterocycles. The number of hydrogen-bond donors (Lipinski definition) is 1. The van der Waals surface area contributed by atoms with Crippen LogP contribution in [0.3, 0.4) is 0 Å². The van der Waals surface area contributed by atoms with Gasteiger partial charge in [0.15, 0.2) is 11.0 Å². The van der Waals surface area contributed by atoms with Crippen LogP contribution in [0.15, 0.2) is 71.9 Å². The molecule has 0 saturated carbocycles. The van der Waals surface area contributed by atoms with Gasteiger partial charge in [0.2, 0.25) is 5.91 Å². The lowest BCUT2D eigenvalue weighted by Crippen LogP contribution is -2.15. The second-order valence-electron chi connectivity index (χ2n) is 6.79. The Morgan fingerprint density at radius 1 is 1.00 bits per heavy atom. The molecular weight excluding hydrogens is 503 g/mol. The molecule has 0 unspecified atom stereocenters.